The average molecular weight is 302 g/mol. The van der Waals surface area contributed by atoms with Crippen LogP contribution < -0.4 is 0 Å². The van der Waals surface area contributed by atoms with Crippen molar-refractivity contribution in [3.63, 3.8) is 0 Å². The maximum Gasteiger partial charge on any atom is 0.0720 e. The molecule has 3 rings (SSSR count). The Hall–Kier alpha value is -2.38. The van der Waals surface area contributed by atoms with Gasteiger partial charge in [-0.25, -0.2) is 0 Å². The fourth-order valence-corrected chi connectivity index (χ4v) is 2.67. The molecule has 0 aliphatic heterocycles. The van der Waals surface area contributed by atoms with Crippen molar-refractivity contribution < 1.29 is 4.74 Å². The minimum atomic E-state index is 0.206. The Bertz CT molecular complexity index is 702. The van der Waals surface area contributed by atoms with E-state index in [0.29, 0.717) is 6.61 Å². The average Bonchev–Trinajstić information content (AvgIpc) is 2.62. The Morgan fingerprint density at radius 3 is 1.87 bits per heavy atom. The van der Waals surface area contributed by atoms with Crippen LogP contribution in [0.5, 0.6) is 0 Å². The highest BCUT2D eigenvalue weighted by Gasteiger charge is 2.05. The van der Waals surface area contributed by atoms with Gasteiger partial charge in [0, 0.05) is 0 Å². The summed E-state index contributed by atoms with van der Waals surface area (Å²) in [4.78, 5) is 0. The molecule has 0 amide bonds. The van der Waals surface area contributed by atoms with Crippen molar-refractivity contribution >= 4 is 0 Å². The van der Waals surface area contributed by atoms with Gasteiger partial charge in [-0.2, -0.15) is 0 Å². The van der Waals surface area contributed by atoms with Gasteiger partial charge >= 0.3 is 0 Å². The second-order valence-electron chi connectivity index (χ2n) is 5.87. The van der Waals surface area contributed by atoms with Crippen molar-refractivity contribution in [2.45, 2.75) is 26.1 Å². The van der Waals surface area contributed by atoms with Gasteiger partial charge in [-0.05, 0) is 35.6 Å². The molecule has 0 spiro atoms. The first-order valence-electron chi connectivity index (χ1n) is 8.11. The molecule has 1 nitrogen and oxygen atoms in total. The van der Waals surface area contributed by atoms with Gasteiger partial charge < -0.3 is 4.74 Å². The van der Waals surface area contributed by atoms with Gasteiger partial charge in [-0.3, -0.25) is 0 Å². The Labute approximate surface area is 138 Å². The molecule has 0 aliphatic rings. The highest BCUT2D eigenvalue weighted by molar-refractivity contribution is 5.63. The van der Waals surface area contributed by atoms with Crippen LogP contribution in [0.2, 0.25) is 0 Å². The second-order valence-corrected chi connectivity index (χ2v) is 5.87. The van der Waals surface area contributed by atoms with Crippen molar-refractivity contribution in [1.82, 2.24) is 0 Å². The number of hydrogen-bond donors (Lipinski definition) is 0. The summed E-state index contributed by atoms with van der Waals surface area (Å²) in [6, 6.07) is 29.6. The normalized spacial score (nSPS) is 12.0. The number of benzene rings is 3. The minimum Gasteiger partial charge on any atom is -0.373 e. The van der Waals surface area contributed by atoms with Crippen LogP contribution in [0.1, 0.15) is 18.1 Å². The maximum absolute atomic E-state index is 5.95. The third-order valence-electron chi connectivity index (χ3n) is 3.96. The Morgan fingerprint density at radius 2 is 1.22 bits per heavy atom. The molecule has 1 heteroatoms. The lowest BCUT2D eigenvalue weighted by Crippen LogP contribution is -2.11. The SMILES string of the molecule is CC(Cc1ccc(-c2ccccc2)cc1)OCc1ccccc1. The van der Waals surface area contributed by atoms with Crippen LogP contribution >= 0.6 is 0 Å². The van der Waals surface area contributed by atoms with Crippen LogP contribution in [0, 0.1) is 0 Å². The molecule has 0 bridgehead atoms. The summed E-state index contributed by atoms with van der Waals surface area (Å²) in [5, 5.41) is 0. The molecular formula is C22H22O. The van der Waals surface area contributed by atoms with E-state index in [2.05, 4.69) is 67.6 Å². The van der Waals surface area contributed by atoms with E-state index in [9.17, 15) is 0 Å². The number of rotatable bonds is 6. The van der Waals surface area contributed by atoms with Crippen LogP contribution in [0.3, 0.4) is 0 Å². The molecule has 3 aromatic carbocycles. The third kappa shape index (κ3) is 4.54. The third-order valence-corrected chi connectivity index (χ3v) is 3.96. The molecular weight excluding hydrogens is 280 g/mol. The maximum atomic E-state index is 5.95. The van der Waals surface area contributed by atoms with Crippen molar-refractivity contribution in [3.8, 4) is 11.1 Å². The molecule has 0 fully saturated rings. The molecule has 0 saturated heterocycles. The molecule has 0 saturated carbocycles. The zero-order valence-corrected chi connectivity index (χ0v) is 13.5. The summed E-state index contributed by atoms with van der Waals surface area (Å²) >= 11 is 0. The van der Waals surface area contributed by atoms with Crippen LogP contribution in [0.25, 0.3) is 11.1 Å². The van der Waals surface area contributed by atoms with E-state index in [1.807, 2.05) is 24.3 Å². The van der Waals surface area contributed by atoms with Gasteiger partial charge in [0.15, 0.2) is 0 Å². The summed E-state index contributed by atoms with van der Waals surface area (Å²) in [5.74, 6) is 0. The van der Waals surface area contributed by atoms with Crippen LogP contribution in [-0.2, 0) is 17.8 Å². The van der Waals surface area contributed by atoms with E-state index in [-0.39, 0.29) is 6.10 Å². The zero-order valence-electron chi connectivity index (χ0n) is 13.5. The largest absolute Gasteiger partial charge is 0.373 e. The smallest absolute Gasteiger partial charge is 0.0720 e. The topological polar surface area (TPSA) is 9.23 Å². The highest BCUT2D eigenvalue weighted by atomic mass is 16.5. The Kier molecular flexibility index (Phi) is 5.23. The van der Waals surface area contributed by atoms with Gasteiger partial charge in [0.2, 0.25) is 0 Å². The predicted octanol–water partition coefficient (Wildman–Crippen LogP) is 5.50. The van der Waals surface area contributed by atoms with E-state index in [1.165, 1.54) is 22.3 Å². The number of ether oxygens (including phenoxy) is 1. The quantitative estimate of drug-likeness (QED) is 0.584. The van der Waals surface area contributed by atoms with E-state index in [4.69, 9.17) is 4.74 Å². The lowest BCUT2D eigenvalue weighted by molar-refractivity contribution is 0.0535. The first-order valence-corrected chi connectivity index (χ1v) is 8.11. The van der Waals surface area contributed by atoms with Gasteiger partial charge in [0.1, 0.15) is 0 Å². The van der Waals surface area contributed by atoms with Crippen LogP contribution in [0.4, 0.5) is 0 Å². The fourth-order valence-electron chi connectivity index (χ4n) is 2.67. The summed E-state index contributed by atoms with van der Waals surface area (Å²) < 4.78 is 5.95. The highest BCUT2D eigenvalue weighted by Crippen LogP contribution is 2.20. The summed E-state index contributed by atoms with van der Waals surface area (Å²) in [7, 11) is 0. The van der Waals surface area contributed by atoms with Crippen LogP contribution in [0.15, 0.2) is 84.9 Å². The van der Waals surface area contributed by atoms with Gasteiger partial charge in [-0.1, -0.05) is 84.9 Å². The van der Waals surface area contributed by atoms with Gasteiger partial charge in [0.25, 0.3) is 0 Å². The molecule has 1 atom stereocenters. The molecule has 116 valence electrons. The zero-order chi connectivity index (χ0) is 15.9. The second kappa shape index (κ2) is 7.75. The van der Waals surface area contributed by atoms with Crippen molar-refractivity contribution in [2.75, 3.05) is 0 Å². The predicted molar refractivity (Wildman–Crippen MR) is 96.3 cm³/mol. The summed E-state index contributed by atoms with van der Waals surface area (Å²) in [6.45, 7) is 2.80. The lowest BCUT2D eigenvalue weighted by Gasteiger charge is -2.13. The molecule has 0 heterocycles. The van der Waals surface area contributed by atoms with Crippen LogP contribution in [-0.4, -0.2) is 6.10 Å². The molecule has 0 radical (unpaired) electrons. The standard InChI is InChI=1S/C22H22O/c1-18(23-17-20-8-4-2-5-9-20)16-19-12-14-22(15-13-19)21-10-6-3-7-11-21/h2-15,18H,16-17H2,1H3. The van der Waals surface area contributed by atoms with Crippen molar-refractivity contribution in [1.29, 1.82) is 0 Å². The van der Waals surface area contributed by atoms with E-state index in [1.54, 1.807) is 0 Å². The first-order chi connectivity index (χ1) is 11.3. The molecule has 23 heavy (non-hydrogen) atoms. The van der Waals surface area contributed by atoms with Crippen molar-refractivity contribution in [2.24, 2.45) is 0 Å². The fraction of sp³-hybridized carbons (Fsp3) is 0.182. The Balaban J connectivity index is 1.55. The minimum absolute atomic E-state index is 0.206. The molecule has 0 N–H and O–H groups in total. The summed E-state index contributed by atoms with van der Waals surface area (Å²) in [6.07, 6.45) is 1.14. The first kappa shape index (κ1) is 15.5. The Morgan fingerprint density at radius 1 is 0.652 bits per heavy atom. The number of hydrogen-bond acceptors (Lipinski definition) is 1. The van der Waals surface area contributed by atoms with E-state index < -0.39 is 0 Å². The van der Waals surface area contributed by atoms with E-state index >= 15 is 0 Å². The molecule has 0 aliphatic carbocycles. The van der Waals surface area contributed by atoms with Crippen molar-refractivity contribution in [3.05, 3.63) is 96.1 Å². The lowest BCUT2D eigenvalue weighted by atomic mass is 10.0. The van der Waals surface area contributed by atoms with Gasteiger partial charge in [0.05, 0.1) is 12.7 Å². The van der Waals surface area contributed by atoms with Gasteiger partial charge in [-0.15, -0.1) is 0 Å². The molecule has 3 aromatic rings. The monoisotopic (exact) mass is 302 g/mol. The summed E-state index contributed by atoms with van der Waals surface area (Å²) in [5.41, 5.74) is 5.05. The molecule has 0 aromatic heterocycles. The molecule has 1 unspecified atom stereocenters. The van der Waals surface area contributed by atoms with E-state index in [0.717, 1.165) is 6.42 Å².